The molecule has 1 aliphatic carbocycles. The maximum atomic E-state index is 13.7. The molecule has 1 unspecified atom stereocenters. The van der Waals surface area contributed by atoms with Crippen molar-refractivity contribution in [3.63, 3.8) is 0 Å². The maximum absolute atomic E-state index is 13.7. The van der Waals surface area contributed by atoms with Crippen LogP contribution in [0.25, 0.3) is 0 Å². The van der Waals surface area contributed by atoms with Crippen LogP contribution in [0.2, 0.25) is 0 Å². The molecule has 2 N–H and O–H groups in total. The third-order valence-corrected chi connectivity index (χ3v) is 7.01. The van der Waals surface area contributed by atoms with Gasteiger partial charge in [-0.25, -0.2) is 17.6 Å². The number of amides is 1. The number of rotatable bonds is 7. The number of carbonyl (C=O) groups is 2. The number of hydrogen-bond acceptors (Lipinski definition) is 5. The van der Waals surface area contributed by atoms with Gasteiger partial charge < -0.3 is 10.1 Å². The number of ether oxygens (including phenoxy) is 1. The largest absolute Gasteiger partial charge is 0.449 e. The van der Waals surface area contributed by atoms with Crippen LogP contribution in [0.3, 0.4) is 0 Å². The molecule has 0 spiro atoms. The van der Waals surface area contributed by atoms with Crippen molar-refractivity contribution in [3.8, 4) is 0 Å². The Labute approximate surface area is 187 Å². The predicted octanol–water partition coefficient (Wildman–Crippen LogP) is 3.93. The lowest BCUT2D eigenvalue weighted by atomic mass is 9.95. The lowest BCUT2D eigenvalue weighted by Crippen LogP contribution is -2.42. The average Bonchev–Trinajstić information content (AvgIpc) is 2.76. The van der Waals surface area contributed by atoms with Gasteiger partial charge in [-0.1, -0.05) is 25.3 Å². The van der Waals surface area contributed by atoms with Gasteiger partial charge in [0.1, 0.15) is 5.82 Å². The van der Waals surface area contributed by atoms with Gasteiger partial charge in [-0.15, -0.1) is 0 Å². The van der Waals surface area contributed by atoms with Gasteiger partial charge in [0.25, 0.3) is 15.9 Å². The molecule has 0 aromatic heterocycles. The highest BCUT2D eigenvalue weighted by Gasteiger charge is 2.23. The molecule has 9 heteroatoms. The summed E-state index contributed by atoms with van der Waals surface area (Å²) in [6.45, 7) is 2.90. The van der Waals surface area contributed by atoms with E-state index in [4.69, 9.17) is 4.74 Å². The molecule has 7 nitrogen and oxygen atoms in total. The van der Waals surface area contributed by atoms with Crippen molar-refractivity contribution in [2.75, 3.05) is 4.72 Å². The van der Waals surface area contributed by atoms with Gasteiger partial charge in [-0.05, 0) is 63.1 Å². The van der Waals surface area contributed by atoms with E-state index in [-0.39, 0.29) is 33.7 Å². The van der Waals surface area contributed by atoms with Crippen LogP contribution in [-0.4, -0.2) is 32.4 Å². The molecule has 0 heterocycles. The van der Waals surface area contributed by atoms with Gasteiger partial charge in [-0.3, -0.25) is 9.52 Å². The molecule has 1 amide bonds. The number of esters is 1. The summed E-state index contributed by atoms with van der Waals surface area (Å²) in [7, 11) is -4.00. The van der Waals surface area contributed by atoms with Crippen molar-refractivity contribution in [1.29, 1.82) is 0 Å². The molecule has 2 aromatic carbocycles. The second kappa shape index (κ2) is 10.1. The summed E-state index contributed by atoms with van der Waals surface area (Å²) in [5.41, 5.74) is 0.390. The highest BCUT2D eigenvalue weighted by Crippen LogP contribution is 2.22. The summed E-state index contributed by atoms with van der Waals surface area (Å²) >= 11 is 0. The Morgan fingerprint density at radius 2 is 1.72 bits per heavy atom. The highest BCUT2D eigenvalue weighted by atomic mass is 32.2. The molecule has 1 atom stereocenters. The number of hydrogen-bond donors (Lipinski definition) is 2. The van der Waals surface area contributed by atoms with E-state index in [1.165, 1.54) is 62.7 Å². The molecule has 2 aromatic rings. The molecule has 1 fully saturated rings. The highest BCUT2D eigenvalue weighted by molar-refractivity contribution is 7.92. The fourth-order valence-corrected chi connectivity index (χ4v) is 4.93. The van der Waals surface area contributed by atoms with Gasteiger partial charge in [-0.2, -0.15) is 0 Å². The van der Waals surface area contributed by atoms with E-state index >= 15 is 0 Å². The average molecular weight is 463 g/mol. The molecular formula is C23H27FN2O5S. The van der Waals surface area contributed by atoms with Gasteiger partial charge in [0.05, 0.1) is 10.5 Å². The third-order valence-electron chi connectivity index (χ3n) is 5.48. The van der Waals surface area contributed by atoms with Crippen LogP contribution in [0.4, 0.5) is 10.1 Å². The number of anilines is 1. The van der Waals surface area contributed by atoms with Crippen LogP contribution < -0.4 is 10.0 Å². The van der Waals surface area contributed by atoms with E-state index in [1.807, 2.05) is 0 Å². The van der Waals surface area contributed by atoms with E-state index in [0.29, 0.717) is 0 Å². The van der Waals surface area contributed by atoms with Gasteiger partial charge in [0, 0.05) is 17.3 Å². The molecule has 0 saturated heterocycles. The van der Waals surface area contributed by atoms with Crippen molar-refractivity contribution in [3.05, 3.63) is 59.4 Å². The minimum Gasteiger partial charge on any atom is -0.449 e. The van der Waals surface area contributed by atoms with E-state index in [2.05, 4.69) is 10.0 Å². The predicted molar refractivity (Wildman–Crippen MR) is 118 cm³/mol. The number of nitrogens with one attached hydrogen (secondary N) is 2. The summed E-state index contributed by atoms with van der Waals surface area (Å²) < 4.78 is 46.4. The Hall–Kier alpha value is -2.94. The standard InChI is InChI=1S/C23H27FN2O5S/c1-15-20(24)9-6-10-21(15)32(29,30)26-19-13-11-17(12-14-19)23(28)31-16(2)22(27)25-18-7-4-3-5-8-18/h6,9-14,16,18,26H,3-5,7-8H2,1-2H3,(H,25,27). The van der Waals surface area contributed by atoms with Crippen molar-refractivity contribution < 1.29 is 27.1 Å². The lowest BCUT2D eigenvalue weighted by Gasteiger charge is -2.24. The topological polar surface area (TPSA) is 102 Å². The summed E-state index contributed by atoms with van der Waals surface area (Å²) in [5, 5.41) is 2.91. The van der Waals surface area contributed by atoms with Crippen LogP contribution in [0, 0.1) is 12.7 Å². The normalized spacial score (nSPS) is 15.6. The smallest absolute Gasteiger partial charge is 0.338 e. The molecule has 1 aliphatic rings. The Morgan fingerprint density at radius 1 is 1.06 bits per heavy atom. The fraction of sp³-hybridized carbons (Fsp3) is 0.391. The van der Waals surface area contributed by atoms with Crippen molar-refractivity contribution in [2.24, 2.45) is 0 Å². The van der Waals surface area contributed by atoms with Gasteiger partial charge >= 0.3 is 5.97 Å². The second-order valence-corrected chi connectivity index (χ2v) is 9.59. The van der Waals surface area contributed by atoms with E-state index in [1.54, 1.807) is 0 Å². The zero-order chi connectivity index (χ0) is 23.3. The number of halogens is 1. The van der Waals surface area contributed by atoms with Crippen LogP contribution in [0.15, 0.2) is 47.4 Å². The SMILES string of the molecule is Cc1c(F)cccc1S(=O)(=O)Nc1ccc(C(=O)OC(C)C(=O)NC2CCCCC2)cc1. The zero-order valence-electron chi connectivity index (χ0n) is 18.1. The van der Waals surface area contributed by atoms with Crippen LogP contribution in [0.5, 0.6) is 0 Å². The molecule has 0 radical (unpaired) electrons. The summed E-state index contributed by atoms with van der Waals surface area (Å²) in [5.74, 6) is -1.64. The van der Waals surface area contributed by atoms with Gasteiger partial charge in [0.15, 0.2) is 6.10 Å². The Morgan fingerprint density at radius 3 is 2.38 bits per heavy atom. The molecule has 0 aliphatic heterocycles. The van der Waals surface area contributed by atoms with Gasteiger partial charge in [0.2, 0.25) is 0 Å². The minimum absolute atomic E-state index is 0.0145. The second-order valence-electron chi connectivity index (χ2n) is 7.94. The molecule has 32 heavy (non-hydrogen) atoms. The molecular weight excluding hydrogens is 435 g/mol. The first-order chi connectivity index (χ1) is 15.2. The van der Waals surface area contributed by atoms with Crippen LogP contribution in [-0.2, 0) is 19.6 Å². The first-order valence-electron chi connectivity index (χ1n) is 10.6. The van der Waals surface area contributed by atoms with Crippen LogP contribution >= 0.6 is 0 Å². The third kappa shape index (κ3) is 5.85. The first-order valence-corrected chi connectivity index (χ1v) is 12.0. The van der Waals surface area contributed by atoms with E-state index in [9.17, 15) is 22.4 Å². The zero-order valence-corrected chi connectivity index (χ0v) is 18.9. The van der Waals surface area contributed by atoms with Crippen molar-refractivity contribution in [2.45, 2.75) is 63.0 Å². The summed E-state index contributed by atoms with van der Waals surface area (Å²) in [4.78, 5) is 24.5. The summed E-state index contributed by atoms with van der Waals surface area (Å²) in [6.07, 6.45) is 4.24. The van der Waals surface area contributed by atoms with Crippen molar-refractivity contribution >= 4 is 27.6 Å². The molecule has 1 saturated carbocycles. The number of sulfonamides is 1. The number of carbonyl (C=O) groups excluding carboxylic acids is 2. The molecule has 0 bridgehead atoms. The van der Waals surface area contributed by atoms with Crippen LogP contribution in [0.1, 0.15) is 54.9 Å². The fourth-order valence-electron chi connectivity index (χ4n) is 3.61. The molecule has 172 valence electrons. The van der Waals surface area contributed by atoms with E-state index < -0.39 is 27.9 Å². The maximum Gasteiger partial charge on any atom is 0.338 e. The minimum atomic E-state index is -4.00. The summed E-state index contributed by atoms with van der Waals surface area (Å²) in [6, 6.07) is 9.52. The number of benzene rings is 2. The first kappa shape index (κ1) is 23.7. The lowest BCUT2D eigenvalue weighted by molar-refractivity contribution is -0.130. The quantitative estimate of drug-likeness (QED) is 0.607. The monoisotopic (exact) mass is 462 g/mol. The Kier molecular flexibility index (Phi) is 7.50. The van der Waals surface area contributed by atoms with E-state index in [0.717, 1.165) is 25.7 Å². The Balaban J connectivity index is 1.60. The van der Waals surface area contributed by atoms with Crippen molar-refractivity contribution in [1.82, 2.24) is 5.32 Å². The Bertz CT molecular complexity index is 1080. The molecule has 3 rings (SSSR count).